The van der Waals surface area contributed by atoms with Crippen LogP contribution in [0.5, 0.6) is 11.5 Å². The van der Waals surface area contributed by atoms with Crippen molar-refractivity contribution in [3.8, 4) is 11.5 Å². The molecule has 0 unspecified atom stereocenters. The summed E-state index contributed by atoms with van der Waals surface area (Å²) in [6, 6.07) is 20.0. The van der Waals surface area contributed by atoms with Crippen molar-refractivity contribution < 1.29 is 23.9 Å². The number of methoxy groups -OCH3 is 1. The van der Waals surface area contributed by atoms with Gasteiger partial charge in [0.15, 0.2) is 11.4 Å². The minimum Gasteiger partial charge on any atom is -0.493 e. The molecule has 8 heteroatoms. The summed E-state index contributed by atoms with van der Waals surface area (Å²) in [5, 5.41) is 5.54. The average molecular weight is 502 g/mol. The van der Waals surface area contributed by atoms with E-state index in [-0.39, 0.29) is 17.2 Å². The lowest BCUT2D eigenvalue weighted by Gasteiger charge is -2.19. The second-order valence-corrected chi connectivity index (χ2v) is 8.68. The van der Waals surface area contributed by atoms with Crippen LogP contribution in [0.15, 0.2) is 78.6 Å². The van der Waals surface area contributed by atoms with Gasteiger partial charge in [0.05, 0.1) is 13.0 Å². The molecule has 1 atom stereocenters. The van der Waals surface area contributed by atoms with Crippen molar-refractivity contribution in [3.05, 3.63) is 95.4 Å². The van der Waals surface area contributed by atoms with E-state index < -0.39 is 29.7 Å². The maximum absolute atomic E-state index is 13.1. The van der Waals surface area contributed by atoms with E-state index in [2.05, 4.69) is 15.6 Å². The standard InChI is InChI=1S/C29H31N3O5/c1-18(2)29(35)37-26-23(36-5)16-17-30-25(26)28(34)32-20(4)27(33)31-19(3)24(21-12-8-6-9-13-21)22-14-10-7-11-15-22/h6-18,20H,1-5H3,(H,31,33)(H,32,34)/t20-/m0/s1. The van der Waals surface area contributed by atoms with E-state index in [1.807, 2.05) is 67.6 Å². The maximum Gasteiger partial charge on any atom is 0.313 e. The van der Waals surface area contributed by atoms with Crippen molar-refractivity contribution >= 4 is 23.4 Å². The quantitative estimate of drug-likeness (QED) is 0.422. The molecule has 0 aliphatic carbocycles. The Kier molecular flexibility index (Phi) is 9.16. The molecule has 2 aromatic carbocycles. The Hall–Kier alpha value is -4.46. The highest BCUT2D eigenvalue weighted by atomic mass is 16.6. The lowest BCUT2D eigenvalue weighted by Crippen LogP contribution is -2.44. The van der Waals surface area contributed by atoms with Crippen molar-refractivity contribution in [3.63, 3.8) is 0 Å². The molecule has 3 aromatic rings. The van der Waals surface area contributed by atoms with Crippen LogP contribution in [0.25, 0.3) is 5.57 Å². The van der Waals surface area contributed by atoms with Gasteiger partial charge in [-0.25, -0.2) is 4.98 Å². The first kappa shape index (κ1) is 27.1. The predicted octanol–water partition coefficient (Wildman–Crippen LogP) is 4.37. The fourth-order valence-electron chi connectivity index (χ4n) is 3.57. The predicted molar refractivity (Wildman–Crippen MR) is 141 cm³/mol. The molecule has 1 heterocycles. The molecule has 0 aliphatic rings. The largest absolute Gasteiger partial charge is 0.493 e. The summed E-state index contributed by atoms with van der Waals surface area (Å²) in [5.74, 6) is -1.98. The van der Waals surface area contributed by atoms with Crippen LogP contribution in [0.1, 0.15) is 49.3 Å². The molecule has 0 spiro atoms. The fourth-order valence-corrected chi connectivity index (χ4v) is 3.57. The fraction of sp³-hybridized carbons (Fsp3) is 0.241. The van der Waals surface area contributed by atoms with Crippen molar-refractivity contribution in [1.82, 2.24) is 15.6 Å². The molecule has 1 aromatic heterocycles. The molecule has 0 saturated heterocycles. The summed E-state index contributed by atoms with van der Waals surface area (Å²) < 4.78 is 10.6. The Morgan fingerprint density at radius 2 is 1.43 bits per heavy atom. The van der Waals surface area contributed by atoms with Crippen molar-refractivity contribution in [2.45, 2.75) is 33.7 Å². The zero-order valence-electron chi connectivity index (χ0n) is 21.6. The molecule has 3 rings (SSSR count). The molecular formula is C29H31N3O5. The van der Waals surface area contributed by atoms with Crippen molar-refractivity contribution in [2.75, 3.05) is 7.11 Å². The summed E-state index contributed by atoms with van der Waals surface area (Å²) in [6.45, 7) is 6.72. The topological polar surface area (TPSA) is 107 Å². The number of esters is 1. The van der Waals surface area contributed by atoms with Gasteiger partial charge >= 0.3 is 5.97 Å². The molecule has 2 N–H and O–H groups in total. The number of hydrogen-bond acceptors (Lipinski definition) is 6. The molecule has 0 fully saturated rings. The van der Waals surface area contributed by atoms with Gasteiger partial charge in [0, 0.05) is 23.5 Å². The number of carbonyl (C=O) groups excluding carboxylic acids is 3. The highest BCUT2D eigenvalue weighted by Gasteiger charge is 2.25. The highest BCUT2D eigenvalue weighted by molar-refractivity contribution is 5.99. The van der Waals surface area contributed by atoms with E-state index in [0.717, 1.165) is 16.7 Å². The number of nitrogens with one attached hydrogen (secondary N) is 2. The Morgan fingerprint density at radius 3 is 1.95 bits per heavy atom. The molecule has 2 amide bonds. The SMILES string of the molecule is COc1ccnc(C(=O)N[C@@H](C)C(=O)NC(C)=C(c2ccccc2)c2ccccc2)c1OC(=O)C(C)C. The molecule has 192 valence electrons. The van der Waals surface area contributed by atoms with E-state index in [1.165, 1.54) is 19.4 Å². The third kappa shape index (κ3) is 6.82. The van der Waals surface area contributed by atoms with Crippen LogP contribution in [-0.4, -0.2) is 35.9 Å². The Balaban J connectivity index is 1.83. The van der Waals surface area contributed by atoms with E-state index in [4.69, 9.17) is 9.47 Å². The van der Waals surface area contributed by atoms with Gasteiger partial charge in [-0.05, 0) is 25.0 Å². The Bertz CT molecular complexity index is 1250. The first-order valence-electron chi connectivity index (χ1n) is 11.9. The van der Waals surface area contributed by atoms with E-state index in [1.54, 1.807) is 20.8 Å². The van der Waals surface area contributed by atoms with Gasteiger partial charge in [-0.1, -0.05) is 74.5 Å². The minimum absolute atomic E-state index is 0.0969. The Labute approximate surface area is 216 Å². The third-order valence-electron chi connectivity index (χ3n) is 5.53. The molecule has 0 saturated carbocycles. The highest BCUT2D eigenvalue weighted by Crippen LogP contribution is 2.30. The minimum atomic E-state index is -0.920. The van der Waals surface area contributed by atoms with Crippen LogP contribution in [0, 0.1) is 5.92 Å². The monoisotopic (exact) mass is 501 g/mol. The molecule has 0 radical (unpaired) electrons. The number of allylic oxidation sites excluding steroid dienone is 1. The van der Waals surface area contributed by atoms with Gasteiger partial charge in [0.25, 0.3) is 5.91 Å². The maximum atomic E-state index is 13.1. The van der Waals surface area contributed by atoms with Crippen molar-refractivity contribution in [2.24, 2.45) is 5.92 Å². The first-order valence-corrected chi connectivity index (χ1v) is 11.9. The average Bonchev–Trinajstić information content (AvgIpc) is 2.89. The summed E-state index contributed by atoms with van der Waals surface area (Å²) in [6.07, 6.45) is 1.37. The van der Waals surface area contributed by atoms with Crippen LogP contribution in [0.4, 0.5) is 0 Å². The number of aromatic nitrogens is 1. The smallest absolute Gasteiger partial charge is 0.313 e. The van der Waals surface area contributed by atoms with Gasteiger partial charge in [0.2, 0.25) is 11.7 Å². The second-order valence-electron chi connectivity index (χ2n) is 8.68. The number of hydrogen-bond donors (Lipinski definition) is 2. The number of nitrogens with zero attached hydrogens (tertiary/aromatic N) is 1. The zero-order valence-corrected chi connectivity index (χ0v) is 21.6. The van der Waals surface area contributed by atoms with Gasteiger partial charge in [0.1, 0.15) is 6.04 Å². The van der Waals surface area contributed by atoms with E-state index in [0.29, 0.717) is 5.70 Å². The number of ether oxygens (including phenoxy) is 2. The molecule has 37 heavy (non-hydrogen) atoms. The first-order chi connectivity index (χ1) is 17.7. The molecular weight excluding hydrogens is 470 g/mol. The van der Waals surface area contributed by atoms with Crippen molar-refractivity contribution in [1.29, 1.82) is 0 Å². The summed E-state index contributed by atoms with van der Waals surface area (Å²) >= 11 is 0. The summed E-state index contributed by atoms with van der Waals surface area (Å²) in [4.78, 5) is 42.4. The normalized spacial score (nSPS) is 11.3. The Morgan fingerprint density at radius 1 is 0.865 bits per heavy atom. The summed E-state index contributed by atoms with van der Waals surface area (Å²) in [7, 11) is 1.39. The number of rotatable bonds is 9. The lowest BCUT2D eigenvalue weighted by molar-refractivity contribution is -0.137. The number of pyridine rings is 1. The van der Waals surface area contributed by atoms with Crippen LogP contribution in [-0.2, 0) is 9.59 Å². The number of carbonyl (C=O) groups is 3. The van der Waals surface area contributed by atoms with Gasteiger partial charge in [-0.3, -0.25) is 14.4 Å². The zero-order chi connectivity index (χ0) is 26.9. The third-order valence-corrected chi connectivity index (χ3v) is 5.53. The van der Waals surface area contributed by atoms with Gasteiger partial charge in [-0.15, -0.1) is 0 Å². The summed E-state index contributed by atoms with van der Waals surface area (Å²) in [5.41, 5.74) is 3.23. The number of benzene rings is 2. The number of amides is 2. The van der Waals surface area contributed by atoms with Crippen LogP contribution in [0.2, 0.25) is 0 Å². The van der Waals surface area contributed by atoms with Crippen LogP contribution < -0.4 is 20.1 Å². The second kappa shape index (κ2) is 12.5. The van der Waals surface area contributed by atoms with Gasteiger partial charge < -0.3 is 20.1 Å². The van der Waals surface area contributed by atoms with E-state index in [9.17, 15) is 14.4 Å². The van der Waals surface area contributed by atoms with Crippen LogP contribution in [0.3, 0.4) is 0 Å². The molecule has 8 nitrogen and oxygen atoms in total. The lowest BCUT2D eigenvalue weighted by atomic mass is 9.96. The van der Waals surface area contributed by atoms with E-state index >= 15 is 0 Å². The van der Waals surface area contributed by atoms with Gasteiger partial charge in [-0.2, -0.15) is 0 Å². The van der Waals surface area contributed by atoms with Crippen LogP contribution >= 0.6 is 0 Å². The molecule has 0 bridgehead atoms. The molecule has 0 aliphatic heterocycles.